The Kier molecular flexibility index (Phi) is 2.59. The zero-order chi connectivity index (χ0) is 9.97. The maximum absolute atomic E-state index is 5.52. The van der Waals surface area contributed by atoms with Crippen LogP contribution in [0.3, 0.4) is 0 Å². The van der Waals surface area contributed by atoms with Gasteiger partial charge >= 0.3 is 0 Å². The molecule has 1 aromatic rings. The summed E-state index contributed by atoms with van der Waals surface area (Å²) in [5, 5.41) is 2.17. The van der Waals surface area contributed by atoms with Crippen molar-refractivity contribution in [1.82, 2.24) is 0 Å². The van der Waals surface area contributed by atoms with Crippen LogP contribution >= 0.6 is 0 Å². The third kappa shape index (κ3) is 1.68. The first-order valence-corrected chi connectivity index (χ1v) is 5.00. The lowest BCUT2D eigenvalue weighted by Gasteiger charge is -2.19. The monoisotopic (exact) mass is 194 g/mol. The van der Waals surface area contributed by atoms with Crippen molar-refractivity contribution in [2.75, 3.05) is 20.3 Å². The topological polar surface area (TPSA) is 35.1 Å². The van der Waals surface area contributed by atoms with Crippen LogP contribution in [0, 0.1) is 0 Å². The number of ether oxygens (including phenoxy) is 2. The van der Waals surface area contributed by atoms with Gasteiger partial charge in [0.05, 0.1) is 7.05 Å². The van der Waals surface area contributed by atoms with Crippen LogP contribution in [0.15, 0.2) is 18.2 Å². The Hall–Kier alpha value is -1.22. The molecule has 2 rings (SSSR count). The zero-order valence-corrected chi connectivity index (χ0v) is 8.62. The van der Waals surface area contributed by atoms with E-state index in [1.165, 1.54) is 5.56 Å². The van der Waals surface area contributed by atoms with Gasteiger partial charge in [0.2, 0.25) is 0 Å². The second-order valence-corrected chi connectivity index (χ2v) is 3.53. The van der Waals surface area contributed by atoms with Crippen molar-refractivity contribution in [1.29, 1.82) is 0 Å². The van der Waals surface area contributed by atoms with E-state index in [0.29, 0.717) is 19.3 Å². The first-order chi connectivity index (χ1) is 6.81. The Bertz CT molecular complexity index is 325. The minimum atomic E-state index is 0.464. The fourth-order valence-electron chi connectivity index (χ4n) is 1.54. The largest absolute Gasteiger partial charge is 0.486 e. The van der Waals surface area contributed by atoms with Gasteiger partial charge in [0.15, 0.2) is 11.5 Å². The third-order valence-electron chi connectivity index (χ3n) is 2.59. The van der Waals surface area contributed by atoms with Gasteiger partial charge in [0.25, 0.3) is 0 Å². The van der Waals surface area contributed by atoms with Crippen LogP contribution < -0.4 is 14.8 Å². The number of nitrogens with two attached hydrogens (primary N) is 1. The molecule has 0 aromatic heterocycles. The molecular formula is C11H16NO2+. The molecular weight excluding hydrogens is 178 g/mol. The summed E-state index contributed by atoms with van der Waals surface area (Å²) in [6, 6.07) is 6.62. The smallest absolute Gasteiger partial charge is 0.161 e. The molecule has 1 aliphatic heterocycles. The van der Waals surface area contributed by atoms with Crippen molar-refractivity contribution in [2.24, 2.45) is 0 Å². The minimum absolute atomic E-state index is 0.464. The van der Waals surface area contributed by atoms with E-state index in [1.54, 1.807) is 0 Å². The van der Waals surface area contributed by atoms with Crippen LogP contribution in [0.4, 0.5) is 0 Å². The van der Waals surface area contributed by atoms with Crippen LogP contribution in [0.2, 0.25) is 0 Å². The molecule has 0 aliphatic carbocycles. The van der Waals surface area contributed by atoms with Gasteiger partial charge in [0, 0.05) is 5.56 Å². The van der Waals surface area contributed by atoms with Gasteiger partial charge in [-0.3, -0.25) is 0 Å². The van der Waals surface area contributed by atoms with Gasteiger partial charge in [-0.1, -0.05) is 0 Å². The molecule has 1 aliphatic rings. The number of fused-ring (bicyclic) bond motifs is 1. The van der Waals surface area contributed by atoms with E-state index >= 15 is 0 Å². The lowest BCUT2D eigenvalue weighted by atomic mass is 10.1. The van der Waals surface area contributed by atoms with Crippen LogP contribution in [0.25, 0.3) is 0 Å². The summed E-state index contributed by atoms with van der Waals surface area (Å²) in [4.78, 5) is 0. The highest BCUT2D eigenvalue weighted by atomic mass is 16.6. The van der Waals surface area contributed by atoms with E-state index in [4.69, 9.17) is 9.47 Å². The molecule has 2 N–H and O–H groups in total. The quantitative estimate of drug-likeness (QED) is 0.752. The van der Waals surface area contributed by atoms with Gasteiger partial charge in [-0.25, -0.2) is 0 Å². The predicted molar refractivity (Wildman–Crippen MR) is 53.7 cm³/mol. The number of hydrogen-bond acceptors (Lipinski definition) is 2. The van der Waals surface area contributed by atoms with Crippen LogP contribution in [0.1, 0.15) is 18.5 Å². The molecule has 0 saturated heterocycles. The fourth-order valence-corrected chi connectivity index (χ4v) is 1.54. The highest BCUT2D eigenvalue weighted by Crippen LogP contribution is 2.31. The first kappa shape index (κ1) is 9.34. The number of quaternary nitrogens is 1. The summed E-state index contributed by atoms with van der Waals surface area (Å²) in [5.41, 5.74) is 1.27. The molecule has 3 nitrogen and oxygen atoms in total. The summed E-state index contributed by atoms with van der Waals surface area (Å²) in [5.74, 6) is 1.74. The van der Waals surface area contributed by atoms with Crippen LogP contribution in [0.5, 0.6) is 11.5 Å². The highest BCUT2D eigenvalue weighted by Gasteiger charge is 2.14. The fraction of sp³-hybridized carbons (Fsp3) is 0.455. The second-order valence-electron chi connectivity index (χ2n) is 3.53. The maximum atomic E-state index is 5.52. The van der Waals surface area contributed by atoms with Gasteiger partial charge in [-0.05, 0) is 25.1 Å². The SMILES string of the molecule is C[NH2+][C@H](C)c1ccc2c(c1)OCCO2. The first-order valence-electron chi connectivity index (χ1n) is 5.00. The van der Waals surface area contributed by atoms with Gasteiger partial charge < -0.3 is 14.8 Å². The molecule has 0 fully saturated rings. The predicted octanol–water partition coefficient (Wildman–Crippen LogP) is 0.712. The van der Waals surface area contributed by atoms with E-state index in [1.807, 2.05) is 6.07 Å². The molecule has 0 saturated carbocycles. The van der Waals surface area contributed by atoms with Crippen LogP contribution in [-0.2, 0) is 0 Å². The van der Waals surface area contributed by atoms with Crippen molar-refractivity contribution in [3.8, 4) is 11.5 Å². The highest BCUT2D eigenvalue weighted by molar-refractivity contribution is 5.44. The molecule has 14 heavy (non-hydrogen) atoms. The summed E-state index contributed by atoms with van der Waals surface area (Å²) in [6.45, 7) is 3.48. The van der Waals surface area contributed by atoms with Gasteiger partial charge in [-0.15, -0.1) is 0 Å². The van der Waals surface area contributed by atoms with Crippen molar-refractivity contribution >= 4 is 0 Å². The van der Waals surface area contributed by atoms with Crippen molar-refractivity contribution in [3.05, 3.63) is 23.8 Å². The van der Waals surface area contributed by atoms with E-state index < -0.39 is 0 Å². The standard InChI is InChI=1S/C11H15NO2/c1-8(12-2)9-3-4-10-11(7-9)14-6-5-13-10/h3-4,7-8,12H,5-6H2,1-2H3/p+1/t8-/m1/s1. The summed E-state index contributed by atoms with van der Waals surface area (Å²) in [7, 11) is 2.07. The number of hydrogen-bond donors (Lipinski definition) is 1. The van der Waals surface area contributed by atoms with E-state index in [2.05, 4.69) is 31.4 Å². The summed E-state index contributed by atoms with van der Waals surface area (Å²) >= 11 is 0. The minimum Gasteiger partial charge on any atom is -0.486 e. The second kappa shape index (κ2) is 3.88. The Labute approximate surface area is 84.0 Å². The van der Waals surface area contributed by atoms with E-state index in [9.17, 15) is 0 Å². The molecule has 1 heterocycles. The lowest BCUT2D eigenvalue weighted by Crippen LogP contribution is -2.80. The average molecular weight is 194 g/mol. The Morgan fingerprint density at radius 2 is 1.93 bits per heavy atom. The van der Waals surface area contributed by atoms with Crippen molar-refractivity contribution in [3.63, 3.8) is 0 Å². The molecule has 0 unspecified atom stereocenters. The Morgan fingerprint density at radius 3 is 2.64 bits per heavy atom. The number of benzene rings is 1. The Morgan fingerprint density at radius 1 is 1.21 bits per heavy atom. The van der Waals surface area contributed by atoms with E-state index in [-0.39, 0.29) is 0 Å². The molecule has 0 radical (unpaired) electrons. The van der Waals surface area contributed by atoms with Gasteiger partial charge in [-0.2, -0.15) is 0 Å². The van der Waals surface area contributed by atoms with Gasteiger partial charge in [0.1, 0.15) is 19.3 Å². The summed E-state index contributed by atoms with van der Waals surface area (Å²) < 4.78 is 11.0. The molecule has 1 aromatic carbocycles. The van der Waals surface area contributed by atoms with Crippen molar-refractivity contribution < 1.29 is 14.8 Å². The number of rotatable bonds is 2. The average Bonchev–Trinajstić information content (AvgIpc) is 2.27. The van der Waals surface area contributed by atoms with E-state index in [0.717, 1.165) is 11.5 Å². The molecule has 1 atom stereocenters. The maximum Gasteiger partial charge on any atom is 0.161 e. The normalized spacial score (nSPS) is 16.4. The summed E-state index contributed by atoms with van der Waals surface area (Å²) in [6.07, 6.45) is 0. The molecule has 0 amide bonds. The molecule has 3 heteroatoms. The Balaban J connectivity index is 2.29. The third-order valence-corrected chi connectivity index (χ3v) is 2.59. The van der Waals surface area contributed by atoms with Crippen molar-refractivity contribution in [2.45, 2.75) is 13.0 Å². The molecule has 76 valence electrons. The lowest BCUT2D eigenvalue weighted by molar-refractivity contribution is -0.666. The molecule has 0 bridgehead atoms. The zero-order valence-electron chi connectivity index (χ0n) is 8.62. The molecule has 0 spiro atoms. The van der Waals surface area contributed by atoms with Crippen LogP contribution in [-0.4, -0.2) is 20.3 Å².